The van der Waals surface area contributed by atoms with Gasteiger partial charge in [-0.15, -0.1) is 0 Å². The number of hydrogen-bond donors (Lipinski definition) is 1. The molecule has 1 fully saturated rings. The zero-order chi connectivity index (χ0) is 15.3. The second-order valence-corrected chi connectivity index (χ2v) is 5.59. The van der Waals surface area contributed by atoms with Crippen molar-refractivity contribution in [2.24, 2.45) is 0 Å². The van der Waals surface area contributed by atoms with E-state index in [1.165, 1.54) is 6.42 Å². The molecule has 0 amide bonds. The van der Waals surface area contributed by atoms with Gasteiger partial charge in [-0.05, 0) is 44.4 Å². The third kappa shape index (κ3) is 3.01. The lowest BCUT2D eigenvalue weighted by atomic mass is 9.71. The number of ether oxygens (including phenoxy) is 3. The Balaban J connectivity index is 2.45. The predicted molar refractivity (Wildman–Crippen MR) is 84.2 cm³/mol. The second kappa shape index (κ2) is 7.14. The van der Waals surface area contributed by atoms with Crippen LogP contribution in [-0.4, -0.2) is 33.5 Å². The summed E-state index contributed by atoms with van der Waals surface area (Å²) in [5.74, 6) is 1.71. The maximum Gasteiger partial charge on any atom is 0.127 e. The van der Waals surface area contributed by atoms with Crippen LogP contribution < -0.4 is 14.8 Å². The third-order valence-electron chi connectivity index (χ3n) is 4.49. The van der Waals surface area contributed by atoms with Gasteiger partial charge in [-0.2, -0.15) is 0 Å². The molecule has 1 N–H and O–H groups in total. The normalized spacial score (nSPS) is 17.9. The molecule has 0 heterocycles. The molecule has 4 nitrogen and oxygen atoms in total. The fourth-order valence-corrected chi connectivity index (χ4v) is 3.14. The van der Waals surface area contributed by atoms with E-state index in [1.54, 1.807) is 14.2 Å². The van der Waals surface area contributed by atoms with E-state index in [0.717, 1.165) is 42.9 Å². The summed E-state index contributed by atoms with van der Waals surface area (Å²) in [5.41, 5.74) is 0.911. The fraction of sp³-hybridized carbons (Fsp3) is 0.647. The minimum absolute atomic E-state index is 0.0855. The van der Waals surface area contributed by atoms with Crippen LogP contribution in [0.4, 0.5) is 0 Å². The van der Waals surface area contributed by atoms with Crippen molar-refractivity contribution in [3.63, 3.8) is 0 Å². The standard InChI is InChI=1S/C17H27NO3/c1-5-12-18-16(17(21-4)10-7-11-17)15-13(19-2)8-6-9-14(15)20-3/h6,8-9,16,18H,5,7,10-12H2,1-4H3. The van der Waals surface area contributed by atoms with E-state index < -0.39 is 0 Å². The van der Waals surface area contributed by atoms with Crippen molar-refractivity contribution >= 4 is 0 Å². The molecule has 4 heteroatoms. The van der Waals surface area contributed by atoms with Gasteiger partial charge in [0.15, 0.2) is 0 Å². The van der Waals surface area contributed by atoms with Crippen LogP contribution in [0.1, 0.15) is 44.2 Å². The van der Waals surface area contributed by atoms with Gasteiger partial charge in [-0.25, -0.2) is 0 Å². The molecule has 21 heavy (non-hydrogen) atoms. The van der Waals surface area contributed by atoms with Gasteiger partial charge in [-0.3, -0.25) is 0 Å². The summed E-state index contributed by atoms with van der Waals surface area (Å²) in [4.78, 5) is 0. The molecule has 0 saturated heterocycles. The average Bonchev–Trinajstić information content (AvgIpc) is 2.49. The highest BCUT2D eigenvalue weighted by Crippen LogP contribution is 2.49. The zero-order valence-electron chi connectivity index (χ0n) is 13.6. The molecule has 1 aromatic carbocycles. The maximum absolute atomic E-state index is 5.91. The highest BCUT2D eigenvalue weighted by molar-refractivity contribution is 5.48. The molecule has 0 aliphatic heterocycles. The van der Waals surface area contributed by atoms with Crippen LogP contribution in [0.2, 0.25) is 0 Å². The molecular formula is C17H27NO3. The molecule has 118 valence electrons. The van der Waals surface area contributed by atoms with Crippen molar-refractivity contribution in [1.29, 1.82) is 0 Å². The van der Waals surface area contributed by atoms with Crippen LogP contribution in [0.5, 0.6) is 11.5 Å². The van der Waals surface area contributed by atoms with E-state index >= 15 is 0 Å². The first-order valence-corrected chi connectivity index (χ1v) is 7.71. The summed E-state index contributed by atoms with van der Waals surface area (Å²) in [6, 6.07) is 6.02. The number of methoxy groups -OCH3 is 3. The molecule has 1 atom stereocenters. The minimum Gasteiger partial charge on any atom is -0.496 e. The molecule has 1 aromatic rings. The molecule has 1 unspecified atom stereocenters. The van der Waals surface area contributed by atoms with Gasteiger partial charge in [-0.1, -0.05) is 13.0 Å². The van der Waals surface area contributed by atoms with Gasteiger partial charge in [0.1, 0.15) is 11.5 Å². The predicted octanol–water partition coefficient (Wildman–Crippen LogP) is 3.31. The Bertz CT molecular complexity index is 430. The first-order valence-electron chi connectivity index (χ1n) is 7.71. The largest absolute Gasteiger partial charge is 0.496 e. The Morgan fingerprint density at radius 1 is 1.14 bits per heavy atom. The van der Waals surface area contributed by atoms with Crippen molar-refractivity contribution in [1.82, 2.24) is 5.32 Å². The minimum atomic E-state index is -0.156. The lowest BCUT2D eigenvalue weighted by Gasteiger charge is -2.47. The third-order valence-corrected chi connectivity index (χ3v) is 4.49. The van der Waals surface area contributed by atoms with Crippen LogP contribution in [-0.2, 0) is 4.74 Å². The van der Waals surface area contributed by atoms with Gasteiger partial charge >= 0.3 is 0 Å². The fourth-order valence-electron chi connectivity index (χ4n) is 3.14. The Morgan fingerprint density at radius 2 is 1.76 bits per heavy atom. The highest BCUT2D eigenvalue weighted by atomic mass is 16.5. The molecule has 1 aliphatic rings. The van der Waals surface area contributed by atoms with Gasteiger partial charge in [0.2, 0.25) is 0 Å². The van der Waals surface area contributed by atoms with E-state index in [4.69, 9.17) is 14.2 Å². The second-order valence-electron chi connectivity index (χ2n) is 5.59. The van der Waals surface area contributed by atoms with E-state index in [0.29, 0.717) is 0 Å². The van der Waals surface area contributed by atoms with E-state index in [-0.39, 0.29) is 11.6 Å². The smallest absolute Gasteiger partial charge is 0.127 e. The van der Waals surface area contributed by atoms with Crippen molar-refractivity contribution in [2.45, 2.75) is 44.2 Å². The topological polar surface area (TPSA) is 39.7 Å². The molecule has 0 aromatic heterocycles. The van der Waals surface area contributed by atoms with Gasteiger partial charge < -0.3 is 19.5 Å². The number of nitrogens with one attached hydrogen (secondary N) is 1. The molecule has 0 spiro atoms. The Hall–Kier alpha value is -1.26. The molecule has 0 radical (unpaired) electrons. The summed E-state index contributed by atoms with van der Waals surface area (Å²) in [7, 11) is 5.21. The lowest BCUT2D eigenvalue weighted by molar-refractivity contribution is -0.100. The van der Waals surface area contributed by atoms with Crippen molar-refractivity contribution in [3.05, 3.63) is 23.8 Å². The highest BCUT2D eigenvalue weighted by Gasteiger charge is 2.47. The van der Waals surface area contributed by atoms with Crippen molar-refractivity contribution in [3.8, 4) is 11.5 Å². The van der Waals surface area contributed by atoms with Crippen LogP contribution in [0.3, 0.4) is 0 Å². The summed E-state index contributed by atoms with van der Waals surface area (Å²) in [5, 5.41) is 3.64. The monoisotopic (exact) mass is 293 g/mol. The number of rotatable bonds is 8. The molecular weight excluding hydrogens is 266 g/mol. The van der Waals surface area contributed by atoms with Crippen LogP contribution >= 0.6 is 0 Å². The first kappa shape index (κ1) is 16.1. The summed E-state index contributed by atoms with van der Waals surface area (Å²) in [6.07, 6.45) is 4.40. The first-order chi connectivity index (χ1) is 10.2. The summed E-state index contributed by atoms with van der Waals surface area (Å²) < 4.78 is 17.1. The van der Waals surface area contributed by atoms with Crippen molar-refractivity contribution < 1.29 is 14.2 Å². The van der Waals surface area contributed by atoms with Crippen LogP contribution in [0.25, 0.3) is 0 Å². The van der Waals surface area contributed by atoms with Gasteiger partial charge in [0, 0.05) is 7.11 Å². The molecule has 0 bridgehead atoms. The maximum atomic E-state index is 5.91. The van der Waals surface area contributed by atoms with Gasteiger partial charge in [0.05, 0.1) is 31.4 Å². The SMILES string of the molecule is CCCNC(c1c(OC)cccc1OC)C1(OC)CCC1. The van der Waals surface area contributed by atoms with Gasteiger partial charge in [0.25, 0.3) is 0 Å². The summed E-state index contributed by atoms with van der Waals surface area (Å²) >= 11 is 0. The molecule has 1 aliphatic carbocycles. The summed E-state index contributed by atoms with van der Waals surface area (Å²) in [6.45, 7) is 3.11. The average molecular weight is 293 g/mol. The number of benzene rings is 1. The van der Waals surface area contributed by atoms with E-state index in [9.17, 15) is 0 Å². The Morgan fingerprint density at radius 3 is 2.14 bits per heavy atom. The Labute approximate surface area is 127 Å². The molecule has 2 rings (SSSR count). The van der Waals surface area contributed by atoms with Crippen LogP contribution in [0.15, 0.2) is 18.2 Å². The lowest BCUT2D eigenvalue weighted by Crippen LogP contribution is -2.51. The zero-order valence-corrected chi connectivity index (χ0v) is 13.6. The van der Waals surface area contributed by atoms with E-state index in [1.807, 2.05) is 25.3 Å². The van der Waals surface area contributed by atoms with Crippen molar-refractivity contribution in [2.75, 3.05) is 27.9 Å². The van der Waals surface area contributed by atoms with E-state index in [2.05, 4.69) is 12.2 Å². The number of hydrogen-bond acceptors (Lipinski definition) is 4. The quantitative estimate of drug-likeness (QED) is 0.798. The molecule has 1 saturated carbocycles. The Kier molecular flexibility index (Phi) is 5.48. The van der Waals surface area contributed by atoms with Crippen LogP contribution in [0, 0.1) is 0 Å².